The molecule has 0 aliphatic carbocycles. The summed E-state index contributed by atoms with van der Waals surface area (Å²) in [6.07, 6.45) is 1.78. The number of rotatable bonds is 5. The van der Waals surface area contributed by atoms with Gasteiger partial charge in [0.1, 0.15) is 12.3 Å². The lowest BCUT2D eigenvalue weighted by Gasteiger charge is -2.15. The number of imide groups is 1. The summed E-state index contributed by atoms with van der Waals surface area (Å²) in [4.78, 5) is 39.3. The first kappa shape index (κ1) is 20.7. The summed E-state index contributed by atoms with van der Waals surface area (Å²) in [6, 6.07) is 22.2. The summed E-state index contributed by atoms with van der Waals surface area (Å²) in [6.45, 7) is -0.0334. The summed E-state index contributed by atoms with van der Waals surface area (Å²) in [5.74, 6) is -1.66. The number of para-hydroxylation sites is 2. The van der Waals surface area contributed by atoms with Crippen molar-refractivity contribution >= 4 is 35.1 Å². The molecule has 33 heavy (non-hydrogen) atoms. The molecule has 7 nitrogen and oxygen atoms in total. The number of ether oxygens (including phenoxy) is 1. The molecule has 8 heteroatoms. The van der Waals surface area contributed by atoms with Crippen LogP contribution in [0.3, 0.4) is 0 Å². The number of amides is 2. The maximum atomic E-state index is 12.9. The van der Waals surface area contributed by atoms with Crippen LogP contribution in [0.1, 0.15) is 36.8 Å². The second-order valence-electron chi connectivity index (χ2n) is 7.32. The van der Waals surface area contributed by atoms with Gasteiger partial charge in [-0.05, 0) is 48.5 Å². The first-order valence-electron chi connectivity index (χ1n) is 10.1. The normalized spacial score (nSPS) is 12.7. The Bertz CT molecular complexity index is 1400. The number of esters is 1. The average Bonchev–Trinajstić information content (AvgIpc) is 3.41. The quantitative estimate of drug-likeness (QED) is 0.321. The van der Waals surface area contributed by atoms with Gasteiger partial charge in [0.25, 0.3) is 11.8 Å². The van der Waals surface area contributed by atoms with Gasteiger partial charge in [0, 0.05) is 6.20 Å². The molecule has 0 unspecified atom stereocenters. The number of halogens is 1. The van der Waals surface area contributed by atoms with Crippen LogP contribution < -0.4 is 4.90 Å². The molecular weight excluding hydrogens is 442 g/mol. The van der Waals surface area contributed by atoms with Crippen molar-refractivity contribution in [3.05, 3.63) is 112 Å². The van der Waals surface area contributed by atoms with Crippen LogP contribution in [-0.4, -0.2) is 27.6 Å². The van der Waals surface area contributed by atoms with E-state index in [1.807, 2.05) is 30.3 Å². The van der Waals surface area contributed by atoms with E-state index in [1.165, 1.54) is 18.2 Å². The summed E-state index contributed by atoms with van der Waals surface area (Å²) in [5.41, 5.74) is 2.26. The van der Waals surface area contributed by atoms with Gasteiger partial charge in [0.2, 0.25) is 0 Å². The molecule has 162 valence electrons. The van der Waals surface area contributed by atoms with E-state index in [1.54, 1.807) is 41.2 Å². The molecule has 1 aliphatic heterocycles. The zero-order valence-corrected chi connectivity index (χ0v) is 17.9. The second-order valence-corrected chi connectivity index (χ2v) is 7.73. The molecule has 1 aromatic heterocycles. The second kappa shape index (κ2) is 8.37. The third kappa shape index (κ3) is 3.79. The van der Waals surface area contributed by atoms with E-state index < -0.39 is 17.8 Å². The Morgan fingerprint density at radius 2 is 1.61 bits per heavy atom. The SMILES string of the molecule is O=C(OCc1ccn(-c2ccccc2)n1)c1ccc2c(c1)C(=O)N(c1ccccc1Cl)C2=O. The van der Waals surface area contributed by atoms with Gasteiger partial charge >= 0.3 is 5.97 Å². The fourth-order valence-electron chi connectivity index (χ4n) is 3.61. The molecule has 0 N–H and O–H groups in total. The van der Waals surface area contributed by atoms with E-state index in [2.05, 4.69) is 5.10 Å². The van der Waals surface area contributed by atoms with Crippen molar-refractivity contribution in [2.45, 2.75) is 6.61 Å². The molecule has 0 saturated heterocycles. The maximum Gasteiger partial charge on any atom is 0.338 e. The molecule has 1 aliphatic rings. The minimum absolute atomic E-state index is 0.0334. The lowest BCUT2D eigenvalue weighted by atomic mass is 10.1. The highest BCUT2D eigenvalue weighted by Gasteiger charge is 2.38. The highest BCUT2D eigenvalue weighted by Crippen LogP contribution is 2.33. The monoisotopic (exact) mass is 457 g/mol. The van der Waals surface area contributed by atoms with Gasteiger partial charge in [0.15, 0.2) is 0 Å². The summed E-state index contributed by atoms with van der Waals surface area (Å²) >= 11 is 6.17. The number of nitrogens with zero attached hydrogens (tertiary/aromatic N) is 3. The van der Waals surface area contributed by atoms with Gasteiger partial charge in [-0.2, -0.15) is 5.10 Å². The van der Waals surface area contributed by atoms with Crippen molar-refractivity contribution in [3.8, 4) is 5.69 Å². The van der Waals surface area contributed by atoms with Gasteiger partial charge < -0.3 is 4.74 Å². The molecule has 2 amide bonds. The van der Waals surface area contributed by atoms with Crippen molar-refractivity contribution in [2.75, 3.05) is 4.90 Å². The van der Waals surface area contributed by atoms with Crippen LogP contribution in [0.25, 0.3) is 5.69 Å². The van der Waals surface area contributed by atoms with Crippen molar-refractivity contribution in [2.24, 2.45) is 0 Å². The third-order valence-corrected chi connectivity index (χ3v) is 5.55. The van der Waals surface area contributed by atoms with Crippen LogP contribution in [0, 0.1) is 0 Å². The van der Waals surface area contributed by atoms with E-state index in [-0.39, 0.29) is 28.3 Å². The van der Waals surface area contributed by atoms with Crippen molar-refractivity contribution < 1.29 is 19.1 Å². The Morgan fingerprint density at radius 1 is 0.879 bits per heavy atom. The molecular formula is C25H16ClN3O4. The lowest BCUT2D eigenvalue weighted by molar-refractivity contribution is 0.0467. The number of carbonyl (C=O) groups excluding carboxylic acids is 3. The summed E-state index contributed by atoms with van der Waals surface area (Å²) in [5, 5.41) is 4.68. The fraction of sp³-hybridized carbons (Fsp3) is 0.0400. The molecule has 2 heterocycles. The highest BCUT2D eigenvalue weighted by molar-refractivity contribution is 6.39. The van der Waals surface area contributed by atoms with Crippen LogP contribution >= 0.6 is 11.6 Å². The number of benzene rings is 3. The molecule has 0 atom stereocenters. The van der Waals surface area contributed by atoms with Crippen LogP contribution in [0.15, 0.2) is 85.1 Å². The minimum atomic E-state index is -0.622. The number of carbonyl (C=O) groups is 3. The van der Waals surface area contributed by atoms with Gasteiger partial charge in [-0.3, -0.25) is 9.59 Å². The molecule has 5 rings (SSSR count). The standard InChI is InChI=1S/C25H16ClN3O4/c26-21-8-4-5-9-22(21)29-23(30)19-11-10-16(14-20(19)24(29)31)25(32)33-15-17-12-13-28(27-17)18-6-2-1-3-7-18/h1-14H,15H2. The number of aromatic nitrogens is 2. The Hall–Kier alpha value is -4.23. The van der Waals surface area contributed by atoms with Gasteiger partial charge in [0.05, 0.1) is 33.1 Å². The molecule has 0 radical (unpaired) electrons. The number of hydrogen-bond donors (Lipinski definition) is 0. The molecule has 3 aromatic carbocycles. The number of hydrogen-bond acceptors (Lipinski definition) is 5. The largest absolute Gasteiger partial charge is 0.456 e. The predicted molar refractivity (Wildman–Crippen MR) is 122 cm³/mol. The number of anilines is 1. The zero-order chi connectivity index (χ0) is 22.9. The van der Waals surface area contributed by atoms with Gasteiger partial charge in [-0.1, -0.05) is 41.9 Å². The highest BCUT2D eigenvalue weighted by atomic mass is 35.5. The average molecular weight is 458 g/mol. The molecule has 0 saturated carbocycles. The summed E-state index contributed by atoms with van der Waals surface area (Å²) < 4.78 is 7.06. The minimum Gasteiger partial charge on any atom is -0.456 e. The molecule has 4 aromatic rings. The predicted octanol–water partition coefficient (Wildman–Crippen LogP) is 4.68. The van der Waals surface area contributed by atoms with Crippen molar-refractivity contribution in [3.63, 3.8) is 0 Å². The Kier molecular flexibility index (Phi) is 5.24. The lowest BCUT2D eigenvalue weighted by Crippen LogP contribution is -2.29. The molecule has 0 fully saturated rings. The Labute approximate surface area is 193 Å². The summed E-state index contributed by atoms with van der Waals surface area (Å²) in [7, 11) is 0. The molecule has 0 bridgehead atoms. The van der Waals surface area contributed by atoms with Crippen LogP contribution in [0.2, 0.25) is 5.02 Å². The van der Waals surface area contributed by atoms with Crippen molar-refractivity contribution in [1.82, 2.24) is 9.78 Å². The van der Waals surface area contributed by atoms with Crippen molar-refractivity contribution in [1.29, 1.82) is 0 Å². The van der Waals surface area contributed by atoms with E-state index in [0.717, 1.165) is 10.6 Å². The Balaban J connectivity index is 1.32. The van der Waals surface area contributed by atoms with E-state index in [4.69, 9.17) is 16.3 Å². The van der Waals surface area contributed by atoms with Crippen LogP contribution in [0.5, 0.6) is 0 Å². The fourth-order valence-corrected chi connectivity index (χ4v) is 3.83. The first-order valence-corrected chi connectivity index (χ1v) is 10.4. The van der Waals surface area contributed by atoms with Crippen LogP contribution in [-0.2, 0) is 11.3 Å². The zero-order valence-electron chi connectivity index (χ0n) is 17.1. The topological polar surface area (TPSA) is 81.5 Å². The molecule has 0 spiro atoms. The Morgan fingerprint density at radius 3 is 2.39 bits per heavy atom. The number of fused-ring (bicyclic) bond motifs is 1. The van der Waals surface area contributed by atoms with E-state index in [0.29, 0.717) is 11.4 Å². The smallest absolute Gasteiger partial charge is 0.338 e. The van der Waals surface area contributed by atoms with E-state index in [9.17, 15) is 14.4 Å². The van der Waals surface area contributed by atoms with Crippen LogP contribution in [0.4, 0.5) is 5.69 Å². The first-order chi connectivity index (χ1) is 16.0. The van der Waals surface area contributed by atoms with Gasteiger partial charge in [-0.25, -0.2) is 14.4 Å². The maximum absolute atomic E-state index is 12.9. The third-order valence-electron chi connectivity index (χ3n) is 5.23. The van der Waals surface area contributed by atoms with E-state index >= 15 is 0 Å². The van der Waals surface area contributed by atoms with Gasteiger partial charge in [-0.15, -0.1) is 0 Å².